The van der Waals surface area contributed by atoms with Crippen molar-refractivity contribution in [3.8, 4) is 0 Å². The van der Waals surface area contributed by atoms with E-state index in [4.69, 9.17) is 4.74 Å². The second kappa shape index (κ2) is 5.60. The van der Waals surface area contributed by atoms with Gasteiger partial charge in [-0.1, -0.05) is 13.8 Å². The first kappa shape index (κ1) is 15.1. The Balaban J connectivity index is 2.38. The Hall–Kier alpha value is -1.29. The molecule has 0 amide bonds. The number of aromatic nitrogens is 2. The van der Waals surface area contributed by atoms with E-state index in [9.17, 15) is 4.79 Å². The van der Waals surface area contributed by atoms with Crippen molar-refractivity contribution in [3.63, 3.8) is 0 Å². The van der Waals surface area contributed by atoms with Gasteiger partial charge in [-0.25, -0.2) is 9.97 Å². The lowest BCUT2D eigenvalue weighted by molar-refractivity contribution is -0.0949. The molecule has 0 spiro atoms. The highest BCUT2D eigenvalue weighted by atomic mass is 16.5. The molecule has 0 bridgehead atoms. The normalized spacial score (nSPS) is 20.6. The monoisotopic (exact) mass is 276 g/mol. The van der Waals surface area contributed by atoms with E-state index in [2.05, 4.69) is 23.8 Å². The lowest BCUT2D eigenvalue weighted by atomic mass is 9.70. The number of aldehydes is 1. The Morgan fingerprint density at radius 2 is 1.90 bits per heavy atom. The maximum Gasteiger partial charge on any atom is 0.168 e. The molecule has 2 rings (SSSR count). The molecular weight excluding hydrogens is 252 g/mol. The second-order valence-corrected chi connectivity index (χ2v) is 6.47. The van der Waals surface area contributed by atoms with Crippen molar-refractivity contribution >= 4 is 6.29 Å². The molecule has 1 aromatic heterocycles. The van der Waals surface area contributed by atoms with Gasteiger partial charge in [0.05, 0.1) is 0 Å². The summed E-state index contributed by atoms with van der Waals surface area (Å²) in [6.07, 6.45) is 4.78. The van der Waals surface area contributed by atoms with Gasteiger partial charge >= 0.3 is 0 Å². The van der Waals surface area contributed by atoms with Crippen LogP contribution in [0.2, 0.25) is 0 Å². The molecule has 0 unspecified atom stereocenters. The van der Waals surface area contributed by atoms with Gasteiger partial charge in [0.25, 0.3) is 0 Å². The zero-order chi connectivity index (χ0) is 14.8. The van der Waals surface area contributed by atoms with Crippen LogP contribution in [0, 0.1) is 12.3 Å². The Labute approximate surface area is 121 Å². The minimum atomic E-state index is -0.423. The van der Waals surface area contributed by atoms with Gasteiger partial charge in [0.2, 0.25) is 0 Å². The lowest BCUT2D eigenvalue weighted by Gasteiger charge is -2.42. The quantitative estimate of drug-likeness (QED) is 0.791. The molecule has 1 aliphatic rings. The summed E-state index contributed by atoms with van der Waals surface area (Å²) < 4.78 is 6.06. The molecular formula is C16H24N2O2. The predicted molar refractivity (Wildman–Crippen MR) is 77.7 cm³/mol. The number of hydrogen-bond acceptors (Lipinski definition) is 4. The van der Waals surface area contributed by atoms with E-state index in [0.29, 0.717) is 23.5 Å². The fourth-order valence-electron chi connectivity index (χ4n) is 2.90. The van der Waals surface area contributed by atoms with Crippen LogP contribution in [0.25, 0.3) is 0 Å². The van der Waals surface area contributed by atoms with Crippen LogP contribution in [-0.2, 0) is 10.3 Å². The van der Waals surface area contributed by atoms with Crippen molar-refractivity contribution in [1.82, 2.24) is 9.97 Å². The number of rotatable bonds is 4. The van der Waals surface area contributed by atoms with Crippen LogP contribution >= 0.6 is 0 Å². The average molecular weight is 276 g/mol. The highest BCUT2D eigenvalue weighted by Gasteiger charge is 2.42. The van der Waals surface area contributed by atoms with Crippen molar-refractivity contribution in [2.45, 2.75) is 59.0 Å². The maximum absolute atomic E-state index is 11.0. The number of aryl methyl sites for hydroxylation is 1. The van der Waals surface area contributed by atoms with Crippen molar-refractivity contribution in [3.05, 3.63) is 23.3 Å². The molecule has 0 aliphatic heterocycles. The minimum Gasteiger partial charge on any atom is -0.367 e. The molecule has 0 atom stereocenters. The Kier molecular flexibility index (Phi) is 4.23. The van der Waals surface area contributed by atoms with Gasteiger partial charge in [-0.15, -0.1) is 0 Å². The molecule has 0 saturated heterocycles. The number of ether oxygens (including phenoxy) is 1. The zero-order valence-electron chi connectivity index (χ0n) is 12.9. The third-order valence-electron chi connectivity index (χ3n) is 4.23. The van der Waals surface area contributed by atoms with Crippen molar-refractivity contribution in [1.29, 1.82) is 0 Å². The van der Waals surface area contributed by atoms with E-state index in [1.807, 2.05) is 13.8 Å². The Morgan fingerprint density at radius 3 is 2.45 bits per heavy atom. The molecule has 20 heavy (non-hydrogen) atoms. The summed E-state index contributed by atoms with van der Waals surface area (Å²) in [5, 5.41) is 0. The molecule has 0 aromatic carbocycles. The summed E-state index contributed by atoms with van der Waals surface area (Å²) in [7, 11) is 0. The van der Waals surface area contributed by atoms with Crippen LogP contribution in [0.3, 0.4) is 0 Å². The van der Waals surface area contributed by atoms with Crippen LogP contribution < -0.4 is 0 Å². The summed E-state index contributed by atoms with van der Waals surface area (Å²) in [5.74, 6) is 0.678. The molecule has 4 heteroatoms. The van der Waals surface area contributed by atoms with Crippen molar-refractivity contribution in [2.75, 3.05) is 6.61 Å². The minimum absolute atomic E-state index is 0.345. The van der Waals surface area contributed by atoms with Crippen LogP contribution in [0.5, 0.6) is 0 Å². The second-order valence-electron chi connectivity index (χ2n) is 6.47. The first-order valence-electron chi connectivity index (χ1n) is 7.36. The molecule has 1 fully saturated rings. The predicted octanol–water partition coefficient (Wildman–Crippen LogP) is 3.43. The topological polar surface area (TPSA) is 52.1 Å². The highest BCUT2D eigenvalue weighted by molar-refractivity contribution is 5.71. The van der Waals surface area contributed by atoms with E-state index in [0.717, 1.165) is 37.7 Å². The van der Waals surface area contributed by atoms with Crippen molar-refractivity contribution in [2.24, 2.45) is 5.41 Å². The molecule has 0 N–H and O–H groups in total. The molecule has 1 aromatic rings. The van der Waals surface area contributed by atoms with Gasteiger partial charge in [0, 0.05) is 12.3 Å². The smallest absolute Gasteiger partial charge is 0.168 e. The first-order chi connectivity index (χ1) is 9.41. The Bertz CT molecular complexity index is 487. The molecule has 0 radical (unpaired) electrons. The van der Waals surface area contributed by atoms with E-state index in [-0.39, 0.29) is 0 Å². The summed E-state index contributed by atoms with van der Waals surface area (Å²) in [6, 6.07) is 1.71. The van der Waals surface area contributed by atoms with Crippen LogP contribution in [-0.4, -0.2) is 22.9 Å². The third kappa shape index (κ3) is 3.06. The molecule has 110 valence electrons. The number of carbonyl (C=O) groups is 1. The van der Waals surface area contributed by atoms with Gasteiger partial charge in [0.15, 0.2) is 12.1 Å². The fourth-order valence-corrected chi connectivity index (χ4v) is 2.90. The average Bonchev–Trinajstić information content (AvgIpc) is 2.41. The van der Waals surface area contributed by atoms with Gasteiger partial charge < -0.3 is 4.74 Å². The number of nitrogens with zero attached hydrogens (tertiary/aromatic N) is 2. The summed E-state index contributed by atoms with van der Waals surface area (Å²) in [6.45, 7) is 9.10. The largest absolute Gasteiger partial charge is 0.367 e. The van der Waals surface area contributed by atoms with Crippen LogP contribution in [0.4, 0.5) is 0 Å². The number of hydrogen-bond donors (Lipinski definition) is 0. The van der Waals surface area contributed by atoms with E-state index in [1.54, 1.807) is 6.07 Å². The summed E-state index contributed by atoms with van der Waals surface area (Å²) in [5.41, 5.74) is 1.18. The summed E-state index contributed by atoms with van der Waals surface area (Å²) >= 11 is 0. The van der Waals surface area contributed by atoms with Crippen LogP contribution in [0.1, 0.15) is 68.5 Å². The lowest BCUT2D eigenvalue weighted by Crippen LogP contribution is -2.39. The van der Waals surface area contributed by atoms with Gasteiger partial charge in [0.1, 0.15) is 11.3 Å². The van der Waals surface area contributed by atoms with Gasteiger partial charge in [-0.2, -0.15) is 0 Å². The zero-order valence-corrected chi connectivity index (χ0v) is 12.9. The van der Waals surface area contributed by atoms with Crippen LogP contribution in [0.15, 0.2) is 6.07 Å². The highest BCUT2D eigenvalue weighted by Crippen LogP contribution is 2.46. The van der Waals surface area contributed by atoms with E-state index in [1.165, 1.54) is 0 Å². The first-order valence-corrected chi connectivity index (χ1v) is 7.36. The van der Waals surface area contributed by atoms with E-state index >= 15 is 0 Å². The van der Waals surface area contributed by atoms with Crippen molar-refractivity contribution < 1.29 is 9.53 Å². The summed E-state index contributed by atoms with van der Waals surface area (Å²) in [4.78, 5) is 20.0. The number of carbonyl (C=O) groups excluding carboxylic acids is 1. The molecule has 1 aliphatic carbocycles. The SMILES string of the molecule is CCOC1(c2nc(C)cc(C=O)n2)CCC(C)(C)CC1. The van der Waals surface area contributed by atoms with Gasteiger partial charge in [-0.3, -0.25) is 4.79 Å². The third-order valence-corrected chi connectivity index (χ3v) is 4.23. The fraction of sp³-hybridized carbons (Fsp3) is 0.688. The van der Waals surface area contributed by atoms with Gasteiger partial charge in [-0.05, 0) is 51.0 Å². The maximum atomic E-state index is 11.0. The molecule has 1 saturated carbocycles. The molecule has 4 nitrogen and oxygen atoms in total. The standard InChI is InChI=1S/C16H24N2O2/c1-5-20-16(8-6-15(3,4)7-9-16)14-17-12(2)10-13(11-19)18-14/h10-11H,5-9H2,1-4H3. The Morgan fingerprint density at radius 1 is 1.25 bits per heavy atom. The van der Waals surface area contributed by atoms with E-state index < -0.39 is 5.60 Å². The molecule has 1 heterocycles.